The van der Waals surface area contributed by atoms with E-state index in [0.29, 0.717) is 6.04 Å². The van der Waals surface area contributed by atoms with Gasteiger partial charge in [0.2, 0.25) is 0 Å². The lowest BCUT2D eigenvalue weighted by molar-refractivity contribution is 0.0747. The van der Waals surface area contributed by atoms with Crippen LogP contribution in [0, 0.1) is 0 Å². The number of nitrogens with zero attached hydrogens (tertiary/aromatic N) is 3. The first-order valence-corrected chi connectivity index (χ1v) is 7.77. The number of pyridine rings is 1. The highest BCUT2D eigenvalue weighted by molar-refractivity contribution is 5.94. The molecule has 1 unspecified atom stereocenters. The molecular weight excluding hydrogens is 250 g/mol. The van der Waals surface area contributed by atoms with Gasteiger partial charge in [-0.25, -0.2) is 4.98 Å². The van der Waals surface area contributed by atoms with Crippen LogP contribution >= 0.6 is 0 Å². The summed E-state index contributed by atoms with van der Waals surface area (Å²) in [5.41, 5.74) is 0.722. The van der Waals surface area contributed by atoms with Crippen LogP contribution in [0.25, 0.3) is 0 Å². The zero-order valence-electron chi connectivity index (χ0n) is 12.2. The molecule has 1 aromatic heterocycles. The molecule has 0 spiro atoms. The molecule has 3 rings (SSSR count). The minimum Gasteiger partial charge on any atom is -0.357 e. The number of carbonyl (C=O) groups excluding carboxylic acids is 1. The van der Waals surface area contributed by atoms with Crippen LogP contribution in [0.3, 0.4) is 0 Å². The molecule has 2 saturated heterocycles. The van der Waals surface area contributed by atoms with Crippen molar-refractivity contribution in [1.29, 1.82) is 0 Å². The van der Waals surface area contributed by atoms with Gasteiger partial charge in [-0.3, -0.25) is 4.79 Å². The number of aromatic nitrogens is 1. The second kappa shape index (κ2) is 5.81. The number of amides is 1. The molecule has 1 amide bonds. The molecule has 3 heterocycles. The highest BCUT2D eigenvalue weighted by Gasteiger charge is 2.26. The molecule has 0 aromatic carbocycles. The highest BCUT2D eigenvalue weighted by atomic mass is 16.2. The first kappa shape index (κ1) is 13.4. The quantitative estimate of drug-likeness (QED) is 0.831. The van der Waals surface area contributed by atoms with Crippen LogP contribution in [0.2, 0.25) is 0 Å². The Morgan fingerprint density at radius 1 is 1.15 bits per heavy atom. The SMILES string of the molecule is CC1CCCN1C(=O)c1ccc(N2CCCCC2)nc1. The lowest BCUT2D eigenvalue weighted by Gasteiger charge is -2.28. The molecule has 0 radical (unpaired) electrons. The standard InChI is InChI=1S/C16H23N3O/c1-13-6-5-11-19(13)16(20)14-7-8-15(17-12-14)18-9-3-2-4-10-18/h7-8,12-13H,2-6,9-11H2,1H3. The Labute approximate surface area is 120 Å². The van der Waals surface area contributed by atoms with E-state index in [9.17, 15) is 4.79 Å². The van der Waals surface area contributed by atoms with Gasteiger partial charge in [0, 0.05) is 31.9 Å². The summed E-state index contributed by atoms with van der Waals surface area (Å²) in [4.78, 5) is 21.2. The van der Waals surface area contributed by atoms with Gasteiger partial charge >= 0.3 is 0 Å². The number of likely N-dealkylation sites (tertiary alicyclic amines) is 1. The number of hydrogen-bond acceptors (Lipinski definition) is 3. The Morgan fingerprint density at radius 2 is 1.95 bits per heavy atom. The Hall–Kier alpha value is -1.58. The third kappa shape index (κ3) is 2.65. The normalized spacial score (nSPS) is 23.1. The molecule has 0 N–H and O–H groups in total. The molecule has 20 heavy (non-hydrogen) atoms. The minimum atomic E-state index is 0.132. The smallest absolute Gasteiger partial charge is 0.255 e. The van der Waals surface area contributed by atoms with Crippen molar-refractivity contribution in [3.8, 4) is 0 Å². The minimum absolute atomic E-state index is 0.132. The maximum absolute atomic E-state index is 12.4. The van der Waals surface area contributed by atoms with E-state index < -0.39 is 0 Å². The van der Waals surface area contributed by atoms with Crippen LogP contribution in [-0.4, -0.2) is 41.5 Å². The summed E-state index contributed by atoms with van der Waals surface area (Å²) in [6.45, 7) is 5.18. The van der Waals surface area contributed by atoms with E-state index in [2.05, 4.69) is 16.8 Å². The van der Waals surface area contributed by atoms with Crippen molar-refractivity contribution in [3.05, 3.63) is 23.9 Å². The zero-order valence-corrected chi connectivity index (χ0v) is 12.2. The largest absolute Gasteiger partial charge is 0.357 e. The van der Waals surface area contributed by atoms with E-state index in [1.54, 1.807) is 6.20 Å². The summed E-state index contributed by atoms with van der Waals surface area (Å²) in [5.74, 6) is 1.14. The van der Waals surface area contributed by atoms with E-state index >= 15 is 0 Å². The van der Waals surface area contributed by atoms with Crippen molar-refractivity contribution < 1.29 is 4.79 Å². The van der Waals surface area contributed by atoms with Crippen LogP contribution in [-0.2, 0) is 0 Å². The van der Waals surface area contributed by atoms with Gasteiger partial charge in [0.1, 0.15) is 5.82 Å². The summed E-state index contributed by atoms with van der Waals surface area (Å²) in [5, 5.41) is 0. The number of carbonyl (C=O) groups is 1. The number of piperidine rings is 1. The first-order valence-electron chi connectivity index (χ1n) is 7.77. The predicted octanol–water partition coefficient (Wildman–Crippen LogP) is 2.70. The van der Waals surface area contributed by atoms with Crippen molar-refractivity contribution in [1.82, 2.24) is 9.88 Å². The van der Waals surface area contributed by atoms with Crippen molar-refractivity contribution in [2.24, 2.45) is 0 Å². The maximum Gasteiger partial charge on any atom is 0.255 e. The van der Waals surface area contributed by atoms with Crippen LogP contribution in [0.4, 0.5) is 5.82 Å². The monoisotopic (exact) mass is 273 g/mol. The maximum atomic E-state index is 12.4. The number of anilines is 1. The van der Waals surface area contributed by atoms with Crippen LogP contribution in [0.15, 0.2) is 18.3 Å². The van der Waals surface area contributed by atoms with Gasteiger partial charge in [0.15, 0.2) is 0 Å². The summed E-state index contributed by atoms with van der Waals surface area (Å²) >= 11 is 0. The summed E-state index contributed by atoms with van der Waals surface area (Å²) in [7, 11) is 0. The average Bonchev–Trinajstić information content (AvgIpc) is 2.94. The fourth-order valence-electron chi connectivity index (χ4n) is 3.22. The fourth-order valence-corrected chi connectivity index (χ4v) is 3.22. The van der Waals surface area contributed by atoms with Crippen LogP contribution in [0.5, 0.6) is 0 Å². The Morgan fingerprint density at radius 3 is 2.55 bits per heavy atom. The molecule has 0 bridgehead atoms. The average molecular weight is 273 g/mol. The second-order valence-electron chi connectivity index (χ2n) is 5.94. The van der Waals surface area contributed by atoms with Crippen molar-refractivity contribution in [2.75, 3.05) is 24.5 Å². The van der Waals surface area contributed by atoms with E-state index in [1.807, 2.05) is 17.0 Å². The topological polar surface area (TPSA) is 36.4 Å². The van der Waals surface area contributed by atoms with Crippen molar-refractivity contribution >= 4 is 11.7 Å². The first-order chi connectivity index (χ1) is 9.75. The molecule has 4 heteroatoms. The third-order valence-corrected chi connectivity index (χ3v) is 4.49. The number of hydrogen-bond donors (Lipinski definition) is 0. The van der Waals surface area contributed by atoms with E-state index in [1.165, 1.54) is 19.3 Å². The zero-order chi connectivity index (χ0) is 13.9. The molecule has 0 saturated carbocycles. The molecule has 1 atom stereocenters. The van der Waals surface area contributed by atoms with Gasteiger partial charge in [-0.05, 0) is 51.2 Å². The summed E-state index contributed by atoms with van der Waals surface area (Å²) in [6, 6.07) is 4.30. The van der Waals surface area contributed by atoms with E-state index in [0.717, 1.165) is 43.9 Å². The van der Waals surface area contributed by atoms with Gasteiger partial charge in [-0.1, -0.05) is 0 Å². The molecule has 0 aliphatic carbocycles. The summed E-state index contributed by atoms with van der Waals surface area (Å²) in [6.07, 6.45) is 7.79. The van der Waals surface area contributed by atoms with E-state index in [-0.39, 0.29) is 5.91 Å². The lowest BCUT2D eigenvalue weighted by atomic mass is 10.1. The van der Waals surface area contributed by atoms with Gasteiger partial charge in [0.05, 0.1) is 5.56 Å². The van der Waals surface area contributed by atoms with Gasteiger partial charge in [0.25, 0.3) is 5.91 Å². The summed E-state index contributed by atoms with van der Waals surface area (Å²) < 4.78 is 0. The van der Waals surface area contributed by atoms with Gasteiger partial charge < -0.3 is 9.80 Å². The van der Waals surface area contributed by atoms with Gasteiger partial charge in [-0.15, -0.1) is 0 Å². The van der Waals surface area contributed by atoms with Crippen LogP contribution in [0.1, 0.15) is 49.4 Å². The van der Waals surface area contributed by atoms with Crippen molar-refractivity contribution in [2.45, 2.75) is 45.1 Å². The second-order valence-corrected chi connectivity index (χ2v) is 5.94. The third-order valence-electron chi connectivity index (χ3n) is 4.49. The van der Waals surface area contributed by atoms with Gasteiger partial charge in [-0.2, -0.15) is 0 Å². The molecule has 2 aliphatic heterocycles. The Kier molecular flexibility index (Phi) is 3.90. The Balaban J connectivity index is 1.70. The lowest BCUT2D eigenvalue weighted by Crippen LogP contribution is -2.34. The highest BCUT2D eigenvalue weighted by Crippen LogP contribution is 2.21. The predicted molar refractivity (Wildman–Crippen MR) is 80.0 cm³/mol. The molecule has 1 aromatic rings. The molecule has 4 nitrogen and oxygen atoms in total. The molecule has 2 fully saturated rings. The van der Waals surface area contributed by atoms with Crippen molar-refractivity contribution in [3.63, 3.8) is 0 Å². The van der Waals surface area contributed by atoms with E-state index in [4.69, 9.17) is 0 Å². The molecule has 2 aliphatic rings. The molecule has 108 valence electrons. The molecular formula is C16H23N3O. The van der Waals surface area contributed by atoms with Crippen LogP contribution < -0.4 is 4.90 Å². The fraction of sp³-hybridized carbons (Fsp3) is 0.625. The Bertz CT molecular complexity index is 465. The number of rotatable bonds is 2.